The normalized spacial score (nSPS) is 9.86. The van der Waals surface area contributed by atoms with E-state index < -0.39 is 0 Å². The smallest absolute Gasteiger partial charge is 0.163 e. The Hall–Kier alpha value is -0.640. The van der Waals surface area contributed by atoms with Crippen molar-refractivity contribution in [3.8, 4) is 0 Å². The molecule has 74 valence electrons. The van der Waals surface area contributed by atoms with E-state index in [0.717, 1.165) is 21.1 Å². The quantitative estimate of drug-likeness (QED) is 0.469. The molecule has 0 saturated heterocycles. The molecule has 14 heavy (non-hydrogen) atoms. The van der Waals surface area contributed by atoms with Crippen molar-refractivity contribution in [1.29, 1.82) is 0 Å². The fourth-order valence-corrected chi connectivity index (χ4v) is 1.47. The lowest BCUT2D eigenvalue weighted by Crippen LogP contribution is -1.98. The summed E-state index contributed by atoms with van der Waals surface area (Å²) in [5.41, 5.74) is 1.86. The molecule has 0 aliphatic rings. The van der Waals surface area contributed by atoms with Gasteiger partial charge in [-0.3, -0.25) is 4.79 Å². The van der Waals surface area contributed by atoms with Crippen LogP contribution < -0.4 is 0 Å². The molecular formula is C12H13IO. The molecule has 0 fully saturated rings. The predicted molar refractivity (Wildman–Crippen MR) is 67.5 cm³/mol. The van der Waals surface area contributed by atoms with E-state index in [1.165, 1.54) is 0 Å². The molecule has 1 rings (SSSR count). The van der Waals surface area contributed by atoms with Crippen molar-refractivity contribution in [2.24, 2.45) is 0 Å². The van der Waals surface area contributed by atoms with Crippen LogP contribution in [0.1, 0.15) is 30.1 Å². The van der Waals surface area contributed by atoms with Gasteiger partial charge < -0.3 is 0 Å². The number of carbonyl (C=O) groups is 1. The third-order valence-corrected chi connectivity index (χ3v) is 2.66. The van der Waals surface area contributed by atoms with Gasteiger partial charge in [0.15, 0.2) is 5.78 Å². The molecule has 1 nitrogen and oxygen atoms in total. The zero-order chi connectivity index (χ0) is 10.6. The minimum absolute atomic E-state index is 0.199. The van der Waals surface area contributed by atoms with E-state index >= 15 is 0 Å². The summed E-state index contributed by atoms with van der Waals surface area (Å²) in [6, 6.07) is 7.66. The number of Topliss-reactive ketones (excluding diaryl/α,β-unsaturated/α-hetero) is 1. The molecule has 0 bridgehead atoms. The monoisotopic (exact) mass is 300 g/mol. The van der Waals surface area contributed by atoms with Crippen molar-refractivity contribution in [3.05, 3.63) is 45.6 Å². The molecule has 1 aromatic rings. The average molecular weight is 300 g/mol. The van der Waals surface area contributed by atoms with Gasteiger partial charge in [0.05, 0.1) is 0 Å². The number of rotatable bonds is 4. The first kappa shape index (κ1) is 11.4. The summed E-state index contributed by atoms with van der Waals surface area (Å²) in [4.78, 5) is 11.6. The zero-order valence-electron chi connectivity index (χ0n) is 8.22. The number of hydrogen-bond donors (Lipinski definition) is 0. The molecule has 2 heteroatoms. The summed E-state index contributed by atoms with van der Waals surface area (Å²) in [5, 5.41) is 0. The van der Waals surface area contributed by atoms with E-state index in [4.69, 9.17) is 0 Å². The van der Waals surface area contributed by atoms with Gasteiger partial charge in [-0.05, 0) is 48.1 Å². The van der Waals surface area contributed by atoms with Crippen LogP contribution in [-0.2, 0) is 0 Å². The number of allylic oxidation sites excluding steroid dienone is 1. The molecule has 0 aliphatic heterocycles. The highest BCUT2D eigenvalue weighted by molar-refractivity contribution is 14.1. The molecule has 0 radical (unpaired) electrons. The standard InChI is InChI=1S/C12H13IO/c1-9(2)3-8-12(14)10-4-6-11(13)7-5-10/h4-7H,1,3,8H2,2H3. The van der Waals surface area contributed by atoms with Crippen molar-refractivity contribution in [2.75, 3.05) is 0 Å². The molecule has 1 aromatic carbocycles. The highest BCUT2D eigenvalue weighted by atomic mass is 127. The molecule has 0 amide bonds. The molecule has 0 atom stereocenters. The lowest BCUT2D eigenvalue weighted by molar-refractivity contribution is 0.0983. The summed E-state index contributed by atoms with van der Waals surface area (Å²) in [7, 11) is 0. The molecule has 0 spiro atoms. The molecule has 0 aliphatic carbocycles. The summed E-state index contributed by atoms with van der Waals surface area (Å²) >= 11 is 2.23. The van der Waals surface area contributed by atoms with Crippen LogP contribution in [0.25, 0.3) is 0 Å². The predicted octanol–water partition coefficient (Wildman–Crippen LogP) is 3.83. The topological polar surface area (TPSA) is 17.1 Å². The van der Waals surface area contributed by atoms with Gasteiger partial charge in [0.2, 0.25) is 0 Å². The van der Waals surface area contributed by atoms with E-state index in [-0.39, 0.29) is 5.78 Å². The van der Waals surface area contributed by atoms with Gasteiger partial charge in [0.1, 0.15) is 0 Å². The van der Waals surface area contributed by atoms with E-state index in [1.54, 1.807) is 0 Å². The van der Waals surface area contributed by atoms with Gasteiger partial charge in [-0.2, -0.15) is 0 Å². The number of benzene rings is 1. The fraction of sp³-hybridized carbons (Fsp3) is 0.250. The first-order valence-corrected chi connectivity index (χ1v) is 5.60. The molecule has 0 unspecified atom stereocenters. The first-order chi connectivity index (χ1) is 6.59. The van der Waals surface area contributed by atoms with Crippen molar-refractivity contribution < 1.29 is 4.79 Å². The van der Waals surface area contributed by atoms with Gasteiger partial charge in [-0.1, -0.05) is 17.7 Å². The van der Waals surface area contributed by atoms with Crippen LogP contribution in [0, 0.1) is 3.57 Å². The second kappa shape index (κ2) is 5.29. The SMILES string of the molecule is C=C(C)CCC(=O)c1ccc(I)cc1. The molecule has 0 N–H and O–H groups in total. The maximum absolute atomic E-state index is 11.6. The maximum atomic E-state index is 11.6. The Balaban J connectivity index is 2.61. The van der Waals surface area contributed by atoms with Gasteiger partial charge in [0.25, 0.3) is 0 Å². The van der Waals surface area contributed by atoms with E-state index in [0.29, 0.717) is 6.42 Å². The first-order valence-electron chi connectivity index (χ1n) is 4.53. The van der Waals surface area contributed by atoms with Crippen LogP contribution in [-0.4, -0.2) is 5.78 Å². The summed E-state index contributed by atoms with van der Waals surface area (Å²) in [6.07, 6.45) is 1.35. The fourth-order valence-electron chi connectivity index (χ4n) is 1.11. The Labute approximate surface area is 98.4 Å². The van der Waals surface area contributed by atoms with Gasteiger partial charge in [-0.25, -0.2) is 0 Å². The van der Waals surface area contributed by atoms with Crippen LogP contribution in [0.15, 0.2) is 36.4 Å². The van der Waals surface area contributed by atoms with Gasteiger partial charge in [-0.15, -0.1) is 6.58 Å². The Morgan fingerprint density at radius 2 is 1.86 bits per heavy atom. The summed E-state index contributed by atoms with van der Waals surface area (Å²) in [5.74, 6) is 0.199. The summed E-state index contributed by atoms with van der Waals surface area (Å²) < 4.78 is 1.15. The highest BCUT2D eigenvalue weighted by Crippen LogP contribution is 2.11. The van der Waals surface area contributed by atoms with E-state index in [9.17, 15) is 4.79 Å². The van der Waals surface area contributed by atoms with Gasteiger partial charge >= 0.3 is 0 Å². The lowest BCUT2D eigenvalue weighted by atomic mass is 10.0. The average Bonchev–Trinajstić information content (AvgIpc) is 2.15. The molecular weight excluding hydrogens is 287 g/mol. The number of halogens is 1. The Bertz CT molecular complexity index is 338. The Morgan fingerprint density at radius 3 is 2.36 bits per heavy atom. The lowest BCUT2D eigenvalue weighted by Gasteiger charge is -2.00. The molecule has 0 aromatic heterocycles. The third kappa shape index (κ3) is 3.62. The minimum atomic E-state index is 0.199. The van der Waals surface area contributed by atoms with Crippen LogP contribution in [0.2, 0.25) is 0 Å². The second-order valence-corrected chi connectivity index (χ2v) is 4.63. The van der Waals surface area contributed by atoms with Crippen LogP contribution in [0.3, 0.4) is 0 Å². The van der Waals surface area contributed by atoms with Crippen molar-refractivity contribution in [1.82, 2.24) is 0 Å². The van der Waals surface area contributed by atoms with Crippen molar-refractivity contribution in [3.63, 3.8) is 0 Å². The van der Waals surface area contributed by atoms with Crippen LogP contribution >= 0.6 is 22.6 Å². The van der Waals surface area contributed by atoms with Crippen LogP contribution in [0.5, 0.6) is 0 Å². The third-order valence-electron chi connectivity index (χ3n) is 1.95. The van der Waals surface area contributed by atoms with Crippen molar-refractivity contribution >= 4 is 28.4 Å². The Kier molecular flexibility index (Phi) is 4.32. The van der Waals surface area contributed by atoms with E-state index in [2.05, 4.69) is 29.2 Å². The van der Waals surface area contributed by atoms with E-state index in [1.807, 2.05) is 31.2 Å². The van der Waals surface area contributed by atoms with Crippen molar-refractivity contribution in [2.45, 2.75) is 19.8 Å². The number of ketones is 1. The minimum Gasteiger partial charge on any atom is -0.294 e. The number of hydrogen-bond acceptors (Lipinski definition) is 1. The molecule has 0 saturated carbocycles. The van der Waals surface area contributed by atoms with Crippen LogP contribution in [0.4, 0.5) is 0 Å². The highest BCUT2D eigenvalue weighted by Gasteiger charge is 2.04. The maximum Gasteiger partial charge on any atom is 0.163 e. The summed E-state index contributed by atoms with van der Waals surface area (Å²) in [6.45, 7) is 5.73. The number of carbonyl (C=O) groups excluding carboxylic acids is 1. The molecule has 0 heterocycles. The Morgan fingerprint density at radius 1 is 1.29 bits per heavy atom. The largest absolute Gasteiger partial charge is 0.294 e. The van der Waals surface area contributed by atoms with Gasteiger partial charge in [0, 0.05) is 15.6 Å². The zero-order valence-corrected chi connectivity index (χ0v) is 10.4. The second-order valence-electron chi connectivity index (χ2n) is 3.39.